The highest BCUT2D eigenvalue weighted by atomic mass is 32.3. The summed E-state index contributed by atoms with van der Waals surface area (Å²) in [4.78, 5) is 26.2. The average molecular weight is 356 g/mol. The van der Waals surface area contributed by atoms with Gasteiger partial charge in [0, 0.05) is 24.2 Å². The molecule has 1 fully saturated rings. The molecule has 0 radical (unpaired) electrons. The minimum Gasteiger partial charge on any atom is -0.325 e. The standard InChI is InChI=1S/C18H16N2O4S/c1-2-20-8-6-12(7-9-20)15-11-25(23-17(21)18(22)24-25)16-13(10-19)4-3-5-14(15)16/h3-6,11H,2,7-9H2,1H3. The Kier molecular flexibility index (Phi) is 3.67. The molecular formula is C18H16N2O4S. The highest BCUT2D eigenvalue weighted by molar-refractivity contribution is 8.29. The maximum Gasteiger partial charge on any atom is 0.441 e. The second-order valence-corrected chi connectivity index (χ2v) is 8.05. The summed E-state index contributed by atoms with van der Waals surface area (Å²) in [6, 6.07) is 7.46. The molecule has 25 heavy (non-hydrogen) atoms. The molecule has 3 aliphatic heterocycles. The zero-order chi connectivity index (χ0) is 17.6. The van der Waals surface area contributed by atoms with Crippen LogP contribution in [0.5, 0.6) is 0 Å². The number of rotatable bonds is 2. The van der Waals surface area contributed by atoms with Crippen molar-refractivity contribution >= 4 is 28.1 Å². The number of allylic oxidation sites excluding steroid dienone is 1. The quantitative estimate of drug-likeness (QED) is 0.758. The first kappa shape index (κ1) is 15.9. The molecule has 1 spiro atoms. The van der Waals surface area contributed by atoms with Gasteiger partial charge in [0.15, 0.2) is 0 Å². The molecule has 7 heteroatoms. The Hall–Kier alpha value is -2.56. The summed E-state index contributed by atoms with van der Waals surface area (Å²) in [6.45, 7) is 4.90. The van der Waals surface area contributed by atoms with Crippen molar-refractivity contribution in [2.75, 3.05) is 19.6 Å². The van der Waals surface area contributed by atoms with Gasteiger partial charge in [-0.15, -0.1) is 0 Å². The molecule has 1 saturated heterocycles. The Labute approximate surface area is 147 Å². The Morgan fingerprint density at radius 3 is 2.64 bits per heavy atom. The number of fused-ring (bicyclic) bond motifs is 2. The molecule has 128 valence electrons. The van der Waals surface area contributed by atoms with E-state index < -0.39 is 22.5 Å². The second kappa shape index (κ2) is 5.76. The van der Waals surface area contributed by atoms with Crippen molar-refractivity contribution in [2.24, 2.45) is 0 Å². The van der Waals surface area contributed by atoms with Crippen LogP contribution in [0.15, 0.2) is 40.2 Å². The maximum atomic E-state index is 11.7. The number of hydrogen-bond donors (Lipinski definition) is 0. The topological polar surface area (TPSA) is 79.6 Å². The van der Waals surface area contributed by atoms with Crippen LogP contribution in [0.2, 0.25) is 0 Å². The summed E-state index contributed by atoms with van der Waals surface area (Å²) in [7, 11) is -2.68. The average Bonchev–Trinajstić information content (AvgIpc) is 3.11. The van der Waals surface area contributed by atoms with Crippen LogP contribution in [-0.2, 0) is 18.0 Å². The van der Waals surface area contributed by atoms with E-state index in [0.29, 0.717) is 10.5 Å². The van der Waals surface area contributed by atoms with Crippen molar-refractivity contribution in [3.63, 3.8) is 0 Å². The molecule has 0 aliphatic carbocycles. The third-order valence-electron chi connectivity index (χ3n) is 4.64. The van der Waals surface area contributed by atoms with Crippen LogP contribution in [0, 0.1) is 11.3 Å². The van der Waals surface area contributed by atoms with E-state index in [9.17, 15) is 14.9 Å². The van der Waals surface area contributed by atoms with Crippen molar-refractivity contribution in [3.8, 4) is 6.07 Å². The molecule has 0 atom stereocenters. The van der Waals surface area contributed by atoms with Gasteiger partial charge in [-0.3, -0.25) is 4.90 Å². The summed E-state index contributed by atoms with van der Waals surface area (Å²) < 4.78 is 10.7. The largest absolute Gasteiger partial charge is 0.441 e. The van der Waals surface area contributed by atoms with Crippen molar-refractivity contribution < 1.29 is 18.0 Å². The molecule has 1 aromatic carbocycles. The van der Waals surface area contributed by atoms with E-state index in [2.05, 4.69) is 24.0 Å². The molecule has 0 bridgehead atoms. The number of nitrogens with zero attached hydrogens (tertiary/aromatic N) is 2. The molecule has 1 aromatic rings. The highest BCUT2D eigenvalue weighted by Gasteiger charge is 2.48. The number of likely N-dealkylation sites (N-methyl/N-ethyl adjacent to an activating group) is 1. The van der Waals surface area contributed by atoms with Gasteiger partial charge in [0.1, 0.15) is 11.0 Å². The SMILES string of the molecule is CCN1CC=C(C2=CS3(OC(=O)C(=O)O3)c3c(C#N)cccc32)CC1. The fraction of sp³-hybridized carbons (Fsp3) is 0.278. The lowest BCUT2D eigenvalue weighted by Gasteiger charge is -2.29. The van der Waals surface area contributed by atoms with Gasteiger partial charge in [-0.1, -0.05) is 35.7 Å². The number of hydrogen-bond acceptors (Lipinski definition) is 6. The molecule has 0 saturated carbocycles. The summed E-state index contributed by atoms with van der Waals surface area (Å²) in [5.74, 6) is -2.00. The Balaban J connectivity index is 1.85. The zero-order valence-electron chi connectivity index (χ0n) is 13.7. The van der Waals surface area contributed by atoms with Crippen LogP contribution in [-0.4, -0.2) is 36.5 Å². The van der Waals surface area contributed by atoms with Crippen molar-refractivity contribution in [3.05, 3.63) is 46.4 Å². The first-order valence-electron chi connectivity index (χ1n) is 8.05. The summed E-state index contributed by atoms with van der Waals surface area (Å²) in [6.07, 6.45) is 3.01. The summed E-state index contributed by atoms with van der Waals surface area (Å²) in [5, 5.41) is 11.2. The predicted octanol–water partition coefficient (Wildman–Crippen LogP) is 2.66. The minimum atomic E-state index is -2.68. The first-order chi connectivity index (χ1) is 12.1. The lowest BCUT2D eigenvalue weighted by molar-refractivity contribution is -0.150. The monoisotopic (exact) mass is 356 g/mol. The van der Waals surface area contributed by atoms with Crippen molar-refractivity contribution in [1.29, 1.82) is 5.26 Å². The van der Waals surface area contributed by atoms with Crippen LogP contribution < -0.4 is 0 Å². The van der Waals surface area contributed by atoms with Crippen LogP contribution in [0.3, 0.4) is 0 Å². The maximum absolute atomic E-state index is 11.7. The molecule has 0 unspecified atom stereocenters. The molecule has 6 nitrogen and oxygen atoms in total. The molecule has 0 N–H and O–H groups in total. The molecule has 3 aliphatic rings. The third-order valence-corrected chi connectivity index (χ3v) is 6.99. The number of nitriles is 1. The van der Waals surface area contributed by atoms with Gasteiger partial charge in [0.2, 0.25) is 0 Å². The van der Waals surface area contributed by atoms with Gasteiger partial charge in [-0.25, -0.2) is 9.59 Å². The summed E-state index contributed by atoms with van der Waals surface area (Å²) in [5.41, 5.74) is 3.21. The van der Waals surface area contributed by atoms with Crippen LogP contribution in [0.4, 0.5) is 0 Å². The van der Waals surface area contributed by atoms with E-state index >= 15 is 0 Å². The van der Waals surface area contributed by atoms with Gasteiger partial charge in [0.25, 0.3) is 0 Å². The fourth-order valence-electron chi connectivity index (χ4n) is 3.35. The Morgan fingerprint density at radius 1 is 1.28 bits per heavy atom. The van der Waals surface area contributed by atoms with E-state index in [4.69, 9.17) is 8.37 Å². The van der Waals surface area contributed by atoms with E-state index in [0.717, 1.165) is 42.8 Å². The van der Waals surface area contributed by atoms with E-state index in [-0.39, 0.29) is 0 Å². The second-order valence-electron chi connectivity index (χ2n) is 5.98. The first-order valence-corrected chi connectivity index (χ1v) is 9.60. The smallest absolute Gasteiger partial charge is 0.325 e. The summed E-state index contributed by atoms with van der Waals surface area (Å²) >= 11 is 0. The number of carbonyl (C=O) groups excluding carboxylic acids is 2. The predicted molar refractivity (Wildman–Crippen MR) is 92.0 cm³/mol. The van der Waals surface area contributed by atoms with Gasteiger partial charge < -0.3 is 8.37 Å². The van der Waals surface area contributed by atoms with Gasteiger partial charge >= 0.3 is 11.9 Å². The van der Waals surface area contributed by atoms with E-state index in [1.54, 1.807) is 17.5 Å². The van der Waals surface area contributed by atoms with E-state index in [1.807, 2.05) is 6.07 Å². The van der Waals surface area contributed by atoms with Gasteiger partial charge in [-0.05, 0) is 24.6 Å². The molecule has 4 rings (SSSR count). The molecule has 0 amide bonds. The molecule has 3 heterocycles. The number of benzene rings is 1. The Morgan fingerprint density at radius 2 is 2.04 bits per heavy atom. The fourth-order valence-corrected chi connectivity index (χ4v) is 5.85. The molecule has 0 aromatic heterocycles. The van der Waals surface area contributed by atoms with Crippen molar-refractivity contribution in [1.82, 2.24) is 4.90 Å². The minimum absolute atomic E-state index is 0.368. The van der Waals surface area contributed by atoms with Crippen LogP contribution >= 0.6 is 10.6 Å². The zero-order valence-corrected chi connectivity index (χ0v) is 14.5. The van der Waals surface area contributed by atoms with E-state index in [1.165, 1.54) is 0 Å². The Bertz CT molecular complexity index is 881. The third kappa shape index (κ3) is 2.37. The van der Waals surface area contributed by atoms with Crippen LogP contribution in [0.1, 0.15) is 24.5 Å². The van der Waals surface area contributed by atoms with Gasteiger partial charge in [-0.2, -0.15) is 5.26 Å². The highest BCUT2D eigenvalue weighted by Crippen LogP contribution is 2.70. The van der Waals surface area contributed by atoms with Crippen molar-refractivity contribution in [2.45, 2.75) is 18.2 Å². The normalized spacial score (nSPS) is 22.6. The van der Waals surface area contributed by atoms with Gasteiger partial charge in [0.05, 0.1) is 11.0 Å². The lowest BCUT2D eigenvalue weighted by atomic mass is 9.94. The lowest BCUT2D eigenvalue weighted by Crippen LogP contribution is -2.28. The number of carbonyl (C=O) groups is 2. The van der Waals surface area contributed by atoms with Crippen LogP contribution in [0.25, 0.3) is 5.57 Å². The molecular weight excluding hydrogens is 340 g/mol.